The molecular formula is C26H31N5O6. The third kappa shape index (κ3) is 4.71. The van der Waals surface area contributed by atoms with Gasteiger partial charge in [-0.2, -0.15) is 0 Å². The number of urea groups is 1. The number of rotatable bonds is 5. The van der Waals surface area contributed by atoms with Gasteiger partial charge in [0.2, 0.25) is 5.91 Å². The molecule has 196 valence electrons. The van der Waals surface area contributed by atoms with Crippen LogP contribution in [0.3, 0.4) is 0 Å². The number of piperidine rings is 1. The number of likely N-dealkylation sites (tertiary alicyclic amines) is 1. The van der Waals surface area contributed by atoms with Crippen molar-refractivity contribution in [2.45, 2.75) is 32.2 Å². The van der Waals surface area contributed by atoms with Crippen LogP contribution in [0, 0.1) is 18.8 Å². The van der Waals surface area contributed by atoms with Crippen molar-refractivity contribution in [3.8, 4) is 11.3 Å². The number of piperazine rings is 1. The number of carbonyl (C=O) groups excluding carboxylic acids is 3. The molecule has 0 saturated carbocycles. The number of carboxylic acid groups (broad SMARTS) is 1. The lowest BCUT2D eigenvalue weighted by Gasteiger charge is -2.47. The summed E-state index contributed by atoms with van der Waals surface area (Å²) in [5.74, 6) is -1.78. The molecule has 3 aliphatic rings. The number of aryl methyl sites for hydroxylation is 1. The molecule has 11 heteroatoms. The van der Waals surface area contributed by atoms with E-state index in [9.17, 15) is 24.3 Å². The van der Waals surface area contributed by atoms with Crippen LogP contribution in [-0.4, -0.2) is 94.1 Å². The minimum atomic E-state index is -1.16. The molecule has 4 amide bonds. The number of amides is 4. The van der Waals surface area contributed by atoms with E-state index in [1.165, 1.54) is 4.90 Å². The minimum absolute atomic E-state index is 0.199. The first-order valence-corrected chi connectivity index (χ1v) is 12.7. The quantitative estimate of drug-likeness (QED) is 0.583. The normalized spacial score (nSPS) is 22.6. The molecule has 3 fully saturated rings. The molecule has 4 heterocycles. The monoisotopic (exact) mass is 509 g/mol. The van der Waals surface area contributed by atoms with Crippen LogP contribution in [0.5, 0.6) is 0 Å². The molecule has 0 aliphatic carbocycles. The summed E-state index contributed by atoms with van der Waals surface area (Å²) in [5.41, 5.74) is 1.62. The lowest BCUT2D eigenvalue weighted by Crippen LogP contribution is -2.69. The van der Waals surface area contributed by atoms with Crippen LogP contribution in [0.15, 0.2) is 34.9 Å². The summed E-state index contributed by atoms with van der Waals surface area (Å²) < 4.78 is 5.32. The van der Waals surface area contributed by atoms with E-state index in [-0.39, 0.29) is 38.0 Å². The van der Waals surface area contributed by atoms with E-state index in [0.29, 0.717) is 23.4 Å². The highest BCUT2D eigenvalue weighted by atomic mass is 16.5. The Hall–Kier alpha value is -3.73. The largest absolute Gasteiger partial charge is 0.480 e. The molecule has 11 nitrogen and oxygen atoms in total. The lowest BCUT2D eigenvalue weighted by atomic mass is 9.78. The van der Waals surface area contributed by atoms with E-state index in [0.717, 1.165) is 36.4 Å². The van der Waals surface area contributed by atoms with E-state index in [2.05, 4.69) is 10.5 Å². The van der Waals surface area contributed by atoms with E-state index in [1.54, 1.807) is 11.8 Å². The van der Waals surface area contributed by atoms with Gasteiger partial charge in [0.25, 0.3) is 5.91 Å². The Morgan fingerprint density at radius 3 is 2.35 bits per heavy atom. The van der Waals surface area contributed by atoms with Gasteiger partial charge in [-0.3, -0.25) is 9.59 Å². The highest BCUT2D eigenvalue weighted by Crippen LogP contribution is 2.36. The zero-order chi connectivity index (χ0) is 26.1. The first-order chi connectivity index (χ1) is 17.9. The van der Waals surface area contributed by atoms with E-state index in [4.69, 9.17) is 4.52 Å². The standard InChI is InChI=1S/C26H31N5O6/c1-16-20(21(28-37-16)18-5-3-2-4-6-18)24(33)29-11-13-30(14-12-29)26(36)31-22(25(34)35)19(23(31)32)15-17-7-9-27-10-8-17/h2-6,17,19,22,27H,7-15H2,1H3,(H,34,35)/t19-,22+/m1/s1. The van der Waals surface area contributed by atoms with Gasteiger partial charge < -0.3 is 24.7 Å². The van der Waals surface area contributed by atoms with Crippen molar-refractivity contribution in [3.05, 3.63) is 41.7 Å². The fourth-order valence-corrected chi connectivity index (χ4v) is 5.58. The molecule has 2 atom stereocenters. The van der Waals surface area contributed by atoms with Crippen molar-refractivity contribution < 1.29 is 28.8 Å². The predicted octanol–water partition coefficient (Wildman–Crippen LogP) is 1.83. The summed E-state index contributed by atoms with van der Waals surface area (Å²) in [6.45, 7) is 4.30. The molecule has 1 aromatic heterocycles. The number of imide groups is 1. The van der Waals surface area contributed by atoms with Crippen LogP contribution >= 0.6 is 0 Å². The molecule has 37 heavy (non-hydrogen) atoms. The van der Waals surface area contributed by atoms with Crippen molar-refractivity contribution in [2.75, 3.05) is 39.3 Å². The van der Waals surface area contributed by atoms with Crippen LogP contribution < -0.4 is 5.32 Å². The molecule has 3 aliphatic heterocycles. The maximum Gasteiger partial charge on any atom is 0.327 e. The molecule has 5 rings (SSSR count). The topological polar surface area (TPSA) is 136 Å². The average Bonchev–Trinajstić information content (AvgIpc) is 3.31. The van der Waals surface area contributed by atoms with Crippen molar-refractivity contribution in [2.24, 2.45) is 11.8 Å². The number of aromatic nitrogens is 1. The fraction of sp³-hybridized carbons (Fsp3) is 0.500. The zero-order valence-corrected chi connectivity index (χ0v) is 20.8. The zero-order valence-electron chi connectivity index (χ0n) is 20.8. The Kier molecular flexibility index (Phi) is 6.96. The van der Waals surface area contributed by atoms with Crippen molar-refractivity contribution in [1.29, 1.82) is 0 Å². The fourth-order valence-electron chi connectivity index (χ4n) is 5.58. The summed E-state index contributed by atoms with van der Waals surface area (Å²) in [7, 11) is 0. The molecule has 0 bridgehead atoms. The number of benzene rings is 1. The van der Waals surface area contributed by atoms with Gasteiger partial charge in [-0.1, -0.05) is 35.5 Å². The van der Waals surface area contributed by atoms with E-state index in [1.807, 2.05) is 30.3 Å². The Morgan fingerprint density at radius 2 is 1.70 bits per heavy atom. The minimum Gasteiger partial charge on any atom is -0.480 e. The summed E-state index contributed by atoms with van der Waals surface area (Å²) in [6, 6.07) is 7.56. The molecule has 0 radical (unpaired) electrons. The van der Waals surface area contributed by atoms with Crippen molar-refractivity contribution in [3.63, 3.8) is 0 Å². The van der Waals surface area contributed by atoms with Gasteiger partial charge in [0.1, 0.15) is 17.0 Å². The second-order valence-corrected chi connectivity index (χ2v) is 9.92. The molecular weight excluding hydrogens is 478 g/mol. The Bertz CT molecular complexity index is 1180. The molecule has 0 unspecified atom stereocenters. The number of hydrogen-bond acceptors (Lipinski definition) is 7. The Balaban J connectivity index is 1.22. The third-order valence-corrected chi connectivity index (χ3v) is 7.68. The first kappa shape index (κ1) is 24.9. The van der Waals surface area contributed by atoms with Crippen LogP contribution in [0.1, 0.15) is 35.4 Å². The number of nitrogens with zero attached hydrogens (tertiary/aromatic N) is 4. The first-order valence-electron chi connectivity index (χ1n) is 12.7. The maximum absolute atomic E-state index is 13.4. The van der Waals surface area contributed by atoms with Gasteiger partial charge in [0, 0.05) is 31.7 Å². The van der Waals surface area contributed by atoms with Crippen LogP contribution in [0.4, 0.5) is 4.79 Å². The van der Waals surface area contributed by atoms with Gasteiger partial charge in [0.15, 0.2) is 6.04 Å². The number of carbonyl (C=O) groups is 4. The number of hydrogen-bond donors (Lipinski definition) is 2. The van der Waals surface area contributed by atoms with Crippen LogP contribution in [0.2, 0.25) is 0 Å². The van der Waals surface area contributed by atoms with Gasteiger partial charge in [-0.05, 0) is 45.2 Å². The van der Waals surface area contributed by atoms with Crippen molar-refractivity contribution >= 4 is 23.8 Å². The molecule has 0 spiro atoms. The summed E-state index contributed by atoms with van der Waals surface area (Å²) in [6.07, 6.45) is 2.29. The molecule has 3 saturated heterocycles. The number of aliphatic carboxylic acids is 1. The Labute approximate surface area is 214 Å². The smallest absolute Gasteiger partial charge is 0.327 e. The highest BCUT2D eigenvalue weighted by Gasteiger charge is 2.56. The van der Waals surface area contributed by atoms with E-state index < -0.39 is 29.9 Å². The highest BCUT2D eigenvalue weighted by molar-refractivity contribution is 6.07. The summed E-state index contributed by atoms with van der Waals surface area (Å²) >= 11 is 0. The van der Waals surface area contributed by atoms with Gasteiger partial charge in [0.05, 0.1) is 5.92 Å². The SMILES string of the molecule is Cc1onc(-c2ccccc2)c1C(=O)N1CCN(C(=O)N2C(=O)[C@H](CC3CCNCC3)[C@H]2C(=O)O)CC1. The van der Waals surface area contributed by atoms with Crippen molar-refractivity contribution in [1.82, 2.24) is 25.2 Å². The summed E-state index contributed by atoms with van der Waals surface area (Å²) in [5, 5.41) is 17.1. The Morgan fingerprint density at radius 1 is 1.05 bits per heavy atom. The maximum atomic E-state index is 13.4. The van der Waals surface area contributed by atoms with Gasteiger partial charge in [-0.25, -0.2) is 14.5 Å². The second-order valence-electron chi connectivity index (χ2n) is 9.92. The molecule has 2 aromatic rings. The van der Waals surface area contributed by atoms with E-state index >= 15 is 0 Å². The number of β-lactam (4-membered cyclic amide) rings is 1. The predicted molar refractivity (Wildman–Crippen MR) is 132 cm³/mol. The lowest BCUT2D eigenvalue weighted by molar-refractivity contribution is -0.167. The van der Waals surface area contributed by atoms with Gasteiger partial charge >= 0.3 is 12.0 Å². The third-order valence-electron chi connectivity index (χ3n) is 7.68. The number of nitrogens with one attached hydrogen (secondary N) is 1. The van der Waals surface area contributed by atoms with Crippen LogP contribution in [-0.2, 0) is 9.59 Å². The average molecular weight is 510 g/mol. The molecule has 2 N–H and O–H groups in total. The van der Waals surface area contributed by atoms with Gasteiger partial charge in [-0.15, -0.1) is 0 Å². The second kappa shape index (κ2) is 10.3. The number of carboxylic acids is 1. The van der Waals surface area contributed by atoms with Crippen LogP contribution in [0.25, 0.3) is 11.3 Å². The summed E-state index contributed by atoms with van der Waals surface area (Å²) in [4.78, 5) is 55.4. The molecule has 1 aromatic carbocycles.